The molecule has 1 saturated heterocycles. The molecule has 1 fully saturated rings. The van der Waals surface area contributed by atoms with E-state index in [0.29, 0.717) is 10.6 Å². The molecule has 0 saturated carbocycles. The molecule has 0 aliphatic carbocycles. The van der Waals surface area contributed by atoms with Gasteiger partial charge in [-0.15, -0.1) is 0 Å². The topological polar surface area (TPSA) is 58.8 Å². The summed E-state index contributed by atoms with van der Waals surface area (Å²) in [5.41, 5.74) is 0.337. The van der Waals surface area contributed by atoms with E-state index in [-0.39, 0.29) is 43.7 Å². The molecule has 1 aromatic rings. The van der Waals surface area contributed by atoms with Crippen molar-refractivity contribution in [2.24, 2.45) is 0 Å². The van der Waals surface area contributed by atoms with Gasteiger partial charge in [-0.25, -0.2) is 4.90 Å². The van der Waals surface area contributed by atoms with E-state index in [2.05, 4.69) is 0 Å². The Balaban J connectivity index is 2.15. The van der Waals surface area contributed by atoms with Gasteiger partial charge in [0.1, 0.15) is 0 Å². The average molecular weight is 333 g/mol. The normalized spacial score (nSPS) is 16.7. The van der Waals surface area contributed by atoms with Crippen molar-refractivity contribution in [3.63, 3.8) is 0 Å². The third kappa shape index (κ3) is 4.25. The van der Waals surface area contributed by atoms with Crippen molar-refractivity contribution < 1.29 is 22.8 Å². The monoisotopic (exact) mass is 333 g/mol. The zero-order valence-electron chi connectivity index (χ0n) is 12.8. The number of hydrogen-bond acceptors (Lipinski definition) is 5. The molecule has 2 rings (SSSR count). The van der Waals surface area contributed by atoms with E-state index in [0.717, 1.165) is 0 Å². The lowest BCUT2D eigenvalue weighted by molar-refractivity contribution is -0.386. The van der Waals surface area contributed by atoms with Crippen molar-refractivity contribution in [1.82, 2.24) is 4.90 Å². The van der Waals surface area contributed by atoms with E-state index in [1.807, 2.05) is 0 Å². The van der Waals surface area contributed by atoms with Gasteiger partial charge in [-0.3, -0.25) is 10.1 Å². The standard InChI is InChI=1S/C14H18F3N3O3/c1-10(2)23-13-4-3-11(9-12(13)20(21)22)18-5-7-19(8-6-18)14(15,16)17/h3-4,9-10H,5-8H2,1-2H3. The number of nitro benzene ring substituents is 1. The molecular formula is C14H18F3N3O3. The van der Waals surface area contributed by atoms with E-state index in [1.165, 1.54) is 12.1 Å². The average Bonchev–Trinajstić information content (AvgIpc) is 2.46. The minimum Gasteiger partial charge on any atom is -0.484 e. The Morgan fingerprint density at radius 2 is 1.83 bits per heavy atom. The maximum absolute atomic E-state index is 12.6. The fraction of sp³-hybridized carbons (Fsp3) is 0.571. The molecule has 0 bridgehead atoms. The fourth-order valence-electron chi connectivity index (χ4n) is 2.42. The van der Waals surface area contributed by atoms with Gasteiger partial charge in [-0.05, 0) is 26.0 Å². The molecule has 9 heteroatoms. The van der Waals surface area contributed by atoms with Gasteiger partial charge in [0, 0.05) is 37.9 Å². The van der Waals surface area contributed by atoms with Gasteiger partial charge in [0.15, 0.2) is 5.75 Å². The van der Waals surface area contributed by atoms with E-state index in [9.17, 15) is 23.3 Å². The molecule has 1 heterocycles. The quantitative estimate of drug-likeness (QED) is 0.482. The number of halogens is 3. The van der Waals surface area contributed by atoms with Crippen molar-refractivity contribution in [3.05, 3.63) is 28.3 Å². The zero-order valence-corrected chi connectivity index (χ0v) is 12.8. The van der Waals surface area contributed by atoms with Crippen LogP contribution in [0.15, 0.2) is 18.2 Å². The summed E-state index contributed by atoms with van der Waals surface area (Å²) in [4.78, 5) is 12.8. The predicted molar refractivity (Wildman–Crippen MR) is 78.7 cm³/mol. The van der Waals surface area contributed by atoms with Crippen molar-refractivity contribution in [1.29, 1.82) is 0 Å². The first-order valence-corrected chi connectivity index (χ1v) is 7.20. The molecule has 0 aromatic heterocycles. The number of nitrogens with zero attached hydrogens (tertiary/aromatic N) is 3. The zero-order chi connectivity index (χ0) is 17.2. The lowest BCUT2D eigenvalue weighted by atomic mass is 10.2. The van der Waals surface area contributed by atoms with Crippen LogP contribution < -0.4 is 9.64 Å². The summed E-state index contributed by atoms with van der Waals surface area (Å²) >= 11 is 0. The number of alkyl halides is 3. The number of benzene rings is 1. The summed E-state index contributed by atoms with van der Waals surface area (Å²) in [6.07, 6.45) is -4.55. The molecular weight excluding hydrogens is 315 g/mol. The molecule has 23 heavy (non-hydrogen) atoms. The summed E-state index contributed by atoms with van der Waals surface area (Å²) in [6.45, 7) is 3.49. The van der Waals surface area contributed by atoms with Crippen LogP contribution >= 0.6 is 0 Å². The number of piperazine rings is 1. The van der Waals surface area contributed by atoms with Gasteiger partial charge >= 0.3 is 12.0 Å². The second-order valence-electron chi connectivity index (χ2n) is 5.52. The maximum Gasteiger partial charge on any atom is 0.460 e. The van der Waals surface area contributed by atoms with Crippen molar-refractivity contribution in [2.75, 3.05) is 31.1 Å². The number of anilines is 1. The van der Waals surface area contributed by atoms with Gasteiger partial charge in [-0.1, -0.05) is 0 Å². The van der Waals surface area contributed by atoms with Crippen LogP contribution in [0.4, 0.5) is 24.5 Å². The first-order chi connectivity index (χ1) is 10.7. The van der Waals surface area contributed by atoms with E-state index < -0.39 is 11.2 Å². The second kappa shape index (κ2) is 6.61. The van der Waals surface area contributed by atoms with E-state index >= 15 is 0 Å². The fourth-order valence-corrected chi connectivity index (χ4v) is 2.42. The largest absolute Gasteiger partial charge is 0.484 e. The van der Waals surface area contributed by atoms with Crippen LogP contribution in [0.1, 0.15) is 13.8 Å². The molecule has 6 nitrogen and oxygen atoms in total. The van der Waals surface area contributed by atoms with Crippen LogP contribution in [0.2, 0.25) is 0 Å². The molecule has 0 amide bonds. The number of rotatable bonds is 4. The molecule has 1 aromatic carbocycles. The Labute approximate surface area is 131 Å². The van der Waals surface area contributed by atoms with Crippen LogP contribution in [-0.4, -0.2) is 48.4 Å². The Hall–Kier alpha value is -2.03. The van der Waals surface area contributed by atoms with Crippen molar-refractivity contribution in [2.45, 2.75) is 26.3 Å². The Kier molecular flexibility index (Phi) is 4.98. The number of nitro groups is 1. The molecule has 0 spiro atoms. The Bertz CT molecular complexity index is 570. The van der Waals surface area contributed by atoms with Crippen LogP contribution in [0, 0.1) is 10.1 Å². The van der Waals surface area contributed by atoms with Crippen LogP contribution in [0.25, 0.3) is 0 Å². The molecule has 0 unspecified atom stereocenters. The van der Waals surface area contributed by atoms with Gasteiger partial charge in [0.05, 0.1) is 11.0 Å². The first-order valence-electron chi connectivity index (χ1n) is 7.20. The first kappa shape index (κ1) is 17.3. The van der Waals surface area contributed by atoms with Crippen LogP contribution in [0.3, 0.4) is 0 Å². The molecule has 0 N–H and O–H groups in total. The summed E-state index contributed by atoms with van der Waals surface area (Å²) in [5, 5.41) is 11.2. The third-order valence-electron chi connectivity index (χ3n) is 3.51. The third-order valence-corrected chi connectivity index (χ3v) is 3.51. The van der Waals surface area contributed by atoms with Crippen LogP contribution in [-0.2, 0) is 0 Å². The molecule has 0 radical (unpaired) electrons. The van der Waals surface area contributed by atoms with Gasteiger partial charge in [0.2, 0.25) is 0 Å². The highest BCUT2D eigenvalue weighted by Gasteiger charge is 2.38. The van der Waals surface area contributed by atoms with Crippen molar-refractivity contribution >= 4 is 11.4 Å². The summed E-state index contributed by atoms with van der Waals surface area (Å²) in [5.74, 6) is 0.155. The molecule has 1 aliphatic rings. The summed E-state index contributed by atoms with van der Waals surface area (Å²) < 4.78 is 43.2. The van der Waals surface area contributed by atoms with E-state index in [1.54, 1.807) is 24.8 Å². The highest BCUT2D eigenvalue weighted by molar-refractivity contribution is 5.60. The smallest absolute Gasteiger partial charge is 0.460 e. The predicted octanol–water partition coefficient (Wildman–Crippen LogP) is 3.02. The number of ether oxygens (including phenoxy) is 1. The highest BCUT2D eigenvalue weighted by Crippen LogP contribution is 2.33. The van der Waals surface area contributed by atoms with Crippen LogP contribution in [0.5, 0.6) is 5.75 Å². The second-order valence-corrected chi connectivity index (χ2v) is 5.52. The summed E-state index contributed by atoms with van der Waals surface area (Å²) in [6, 6.07) is 4.47. The SMILES string of the molecule is CC(C)Oc1ccc(N2CCN(C(F)(F)F)CC2)cc1[N+](=O)[O-]. The number of hydrogen-bond donors (Lipinski definition) is 0. The van der Waals surface area contributed by atoms with E-state index in [4.69, 9.17) is 4.74 Å². The molecule has 0 atom stereocenters. The molecule has 128 valence electrons. The minimum absolute atomic E-state index is 0.154. The van der Waals surface area contributed by atoms with Gasteiger partial charge < -0.3 is 9.64 Å². The van der Waals surface area contributed by atoms with Gasteiger partial charge in [0.25, 0.3) is 0 Å². The highest BCUT2D eigenvalue weighted by atomic mass is 19.4. The Morgan fingerprint density at radius 1 is 1.22 bits per heavy atom. The lowest BCUT2D eigenvalue weighted by Crippen LogP contribution is -2.51. The minimum atomic E-state index is -4.34. The Morgan fingerprint density at radius 3 is 2.30 bits per heavy atom. The van der Waals surface area contributed by atoms with Crippen molar-refractivity contribution in [3.8, 4) is 5.75 Å². The van der Waals surface area contributed by atoms with Gasteiger partial charge in [-0.2, -0.15) is 13.2 Å². The summed E-state index contributed by atoms with van der Waals surface area (Å²) in [7, 11) is 0. The lowest BCUT2D eigenvalue weighted by Gasteiger charge is -2.36. The maximum atomic E-state index is 12.6. The molecule has 1 aliphatic heterocycles.